The molecule has 0 aliphatic carbocycles. The quantitative estimate of drug-likeness (QED) is 0.461. The average molecular weight is 473 g/mol. The number of aromatic nitrogens is 3. The number of ether oxygens (including phenoxy) is 2. The predicted molar refractivity (Wildman–Crippen MR) is 126 cm³/mol. The van der Waals surface area contributed by atoms with Crippen molar-refractivity contribution in [3.05, 3.63) is 91.6 Å². The fourth-order valence-electron chi connectivity index (χ4n) is 4.81. The maximum Gasteiger partial charge on any atom is 0.317 e. The number of aromatic amines is 1. The van der Waals surface area contributed by atoms with Gasteiger partial charge in [-0.2, -0.15) is 5.10 Å². The molecule has 4 heterocycles. The zero-order valence-corrected chi connectivity index (χ0v) is 19.2. The van der Waals surface area contributed by atoms with E-state index in [1.807, 2.05) is 60.7 Å². The summed E-state index contributed by atoms with van der Waals surface area (Å²) in [4.78, 5) is 31.9. The lowest BCUT2D eigenvalue weighted by Gasteiger charge is -2.44. The second kappa shape index (κ2) is 7.53. The molecule has 0 saturated carbocycles. The average Bonchev–Trinajstić information content (AvgIpc) is 3.42. The number of nitrogens with zero attached hydrogens (tertiary/aromatic N) is 3. The van der Waals surface area contributed by atoms with E-state index in [1.54, 1.807) is 17.7 Å². The summed E-state index contributed by atoms with van der Waals surface area (Å²) >= 11 is 1.27. The summed E-state index contributed by atoms with van der Waals surface area (Å²) in [5.41, 5.74) is 1.92. The Morgan fingerprint density at radius 1 is 1.21 bits per heavy atom. The molecule has 2 aromatic carbocycles. The summed E-state index contributed by atoms with van der Waals surface area (Å²) < 4.78 is 13.4. The number of hydrogen-bond donors (Lipinski definition) is 1. The first kappa shape index (κ1) is 20.6. The van der Waals surface area contributed by atoms with Gasteiger partial charge < -0.3 is 9.47 Å². The van der Waals surface area contributed by atoms with E-state index in [2.05, 4.69) is 10.2 Å². The van der Waals surface area contributed by atoms with Crippen LogP contribution in [0.2, 0.25) is 0 Å². The lowest BCUT2D eigenvalue weighted by molar-refractivity contribution is -0.158. The van der Waals surface area contributed by atoms with Gasteiger partial charge in [0.05, 0.1) is 29.6 Å². The van der Waals surface area contributed by atoms with Gasteiger partial charge in [0.25, 0.3) is 5.56 Å². The number of hydrogen-bond acceptors (Lipinski definition) is 7. The molecule has 34 heavy (non-hydrogen) atoms. The van der Waals surface area contributed by atoms with Crippen molar-refractivity contribution in [2.45, 2.75) is 18.7 Å². The van der Waals surface area contributed by atoms with Gasteiger partial charge in [0.15, 0.2) is 4.80 Å². The molecule has 0 spiro atoms. The van der Waals surface area contributed by atoms with Crippen molar-refractivity contribution in [3.8, 4) is 17.0 Å². The predicted octanol–water partition coefficient (Wildman–Crippen LogP) is 2.25. The van der Waals surface area contributed by atoms with Crippen molar-refractivity contribution in [2.24, 2.45) is 10.9 Å². The minimum Gasteiger partial charge on any atom is -0.469 e. The molecule has 2 unspecified atom stereocenters. The summed E-state index contributed by atoms with van der Waals surface area (Å²) in [6.07, 6.45) is 3.50. The van der Waals surface area contributed by atoms with E-state index in [4.69, 9.17) is 14.5 Å². The third kappa shape index (κ3) is 2.97. The molecule has 1 N–H and O–H groups in total. The molecule has 3 atom stereocenters. The minimum atomic E-state index is -1.19. The van der Waals surface area contributed by atoms with E-state index < -0.39 is 23.7 Å². The number of nitrogens with one attached hydrogen (secondary N) is 1. The molecule has 4 aromatic rings. The lowest BCUT2D eigenvalue weighted by Crippen LogP contribution is -2.58. The maximum atomic E-state index is 13.7. The highest BCUT2D eigenvalue weighted by atomic mass is 32.1. The standard InChI is InChI=1S/C25H20N4O4S/c1-25-19(23(31)32-2)21(16-10-6-7-11-17(16)33-25)29-22(30)18(34-24(29)27-25)12-15-13-26-28-20(15)14-8-4-3-5-9-14/h3-13,19,21H,1-2H3,(H,26,28)/b18-12-/t19?,21?,25-/m1/s1. The van der Waals surface area contributed by atoms with Crippen LogP contribution in [-0.4, -0.2) is 33.6 Å². The Balaban J connectivity index is 1.58. The molecule has 2 bridgehead atoms. The normalized spacial score (nSPS) is 22.8. The van der Waals surface area contributed by atoms with Crippen LogP contribution in [0, 0.1) is 5.92 Å². The second-order valence-corrected chi connectivity index (χ2v) is 9.40. The monoisotopic (exact) mass is 472 g/mol. The Labute approximate surface area is 197 Å². The third-order valence-electron chi connectivity index (χ3n) is 6.35. The molecule has 8 nitrogen and oxygen atoms in total. The molecular formula is C25H20N4O4S. The van der Waals surface area contributed by atoms with Crippen molar-refractivity contribution in [2.75, 3.05) is 7.11 Å². The SMILES string of the molecule is COC(=O)C1C2c3ccccc3O[C@@]1(C)N=c1s/c(=C\c3cn[nH]c3-c3ccccc3)c(=O)n12. The maximum absolute atomic E-state index is 13.7. The number of esters is 1. The van der Waals surface area contributed by atoms with Gasteiger partial charge in [-0.25, -0.2) is 4.99 Å². The summed E-state index contributed by atoms with van der Waals surface area (Å²) in [6, 6.07) is 16.6. The van der Waals surface area contributed by atoms with Crippen molar-refractivity contribution < 1.29 is 14.3 Å². The van der Waals surface area contributed by atoms with Crippen LogP contribution in [0.25, 0.3) is 17.3 Å². The van der Waals surface area contributed by atoms with Gasteiger partial charge in [0.2, 0.25) is 5.72 Å². The number of para-hydroxylation sites is 1. The van der Waals surface area contributed by atoms with Gasteiger partial charge in [-0.3, -0.25) is 19.3 Å². The molecule has 0 radical (unpaired) electrons. The van der Waals surface area contributed by atoms with Crippen LogP contribution in [0.4, 0.5) is 0 Å². The Morgan fingerprint density at radius 2 is 1.97 bits per heavy atom. The van der Waals surface area contributed by atoms with Crippen molar-refractivity contribution in [1.82, 2.24) is 14.8 Å². The number of carbonyl (C=O) groups is 1. The number of carbonyl (C=O) groups excluding carboxylic acids is 1. The second-order valence-electron chi connectivity index (χ2n) is 8.39. The Hall–Kier alpha value is -3.98. The molecular weight excluding hydrogens is 452 g/mol. The zero-order valence-electron chi connectivity index (χ0n) is 18.4. The first-order chi connectivity index (χ1) is 16.5. The van der Waals surface area contributed by atoms with Crippen molar-refractivity contribution in [1.29, 1.82) is 0 Å². The zero-order chi connectivity index (χ0) is 23.4. The number of rotatable bonds is 3. The highest BCUT2D eigenvalue weighted by Gasteiger charge is 2.55. The number of H-pyrrole nitrogens is 1. The number of methoxy groups -OCH3 is 1. The Kier molecular flexibility index (Phi) is 4.56. The molecule has 6 rings (SSSR count). The first-order valence-corrected chi connectivity index (χ1v) is 11.6. The minimum absolute atomic E-state index is 0.221. The summed E-state index contributed by atoms with van der Waals surface area (Å²) in [5, 5.41) is 7.20. The molecule has 2 aromatic heterocycles. The van der Waals surface area contributed by atoms with Crippen LogP contribution in [0.15, 0.2) is 70.6 Å². The van der Waals surface area contributed by atoms with Gasteiger partial charge in [-0.15, -0.1) is 0 Å². The lowest BCUT2D eigenvalue weighted by atomic mass is 9.81. The molecule has 170 valence electrons. The van der Waals surface area contributed by atoms with Crippen LogP contribution in [-0.2, 0) is 9.53 Å². The first-order valence-electron chi connectivity index (χ1n) is 10.8. The van der Waals surface area contributed by atoms with E-state index >= 15 is 0 Å². The molecule has 0 amide bonds. The molecule has 2 aliphatic rings. The fraction of sp³-hybridized carbons (Fsp3) is 0.200. The van der Waals surface area contributed by atoms with Crippen molar-refractivity contribution in [3.63, 3.8) is 0 Å². The molecule has 0 saturated heterocycles. The number of fused-ring (bicyclic) bond motifs is 6. The van der Waals surface area contributed by atoms with Crippen LogP contribution in [0.3, 0.4) is 0 Å². The number of thiazole rings is 1. The van der Waals surface area contributed by atoms with Crippen molar-refractivity contribution >= 4 is 23.4 Å². The smallest absolute Gasteiger partial charge is 0.317 e. The van der Waals surface area contributed by atoms with Crippen LogP contribution in [0.1, 0.15) is 24.1 Å². The van der Waals surface area contributed by atoms with E-state index in [0.29, 0.717) is 15.1 Å². The Bertz CT molecular complexity index is 1600. The highest BCUT2D eigenvalue weighted by Crippen LogP contribution is 2.47. The van der Waals surface area contributed by atoms with E-state index in [1.165, 1.54) is 18.4 Å². The van der Waals surface area contributed by atoms with Gasteiger partial charge in [-0.05, 0) is 19.1 Å². The Morgan fingerprint density at radius 3 is 2.76 bits per heavy atom. The molecule has 0 fully saturated rings. The number of benzene rings is 2. The topological polar surface area (TPSA) is 98.6 Å². The van der Waals surface area contributed by atoms with Crippen LogP contribution in [0.5, 0.6) is 5.75 Å². The summed E-state index contributed by atoms with van der Waals surface area (Å²) in [5.74, 6) is -0.663. The largest absolute Gasteiger partial charge is 0.469 e. The van der Waals surface area contributed by atoms with Gasteiger partial charge >= 0.3 is 5.97 Å². The molecule has 2 aliphatic heterocycles. The van der Waals surface area contributed by atoms with Crippen LogP contribution >= 0.6 is 11.3 Å². The van der Waals surface area contributed by atoms with Crippen LogP contribution < -0.4 is 19.6 Å². The van der Waals surface area contributed by atoms with E-state index in [-0.39, 0.29) is 5.56 Å². The van der Waals surface area contributed by atoms with Gasteiger partial charge in [0, 0.05) is 16.7 Å². The van der Waals surface area contributed by atoms with E-state index in [9.17, 15) is 9.59 Å². The summed E-state index contributed by atoms with van der Waals surface area (Å²) in [7, 11) is 1.34. The summed E-state index contributed by atoms with van der Waals surface area (Å²) in [6.45, 7) is 1.76. The van der Waals surface area contributed by atoms with E-state index in [0.717, 1.165) is 22.4 Å². The highest BCUT2D eigenvalue weighted by molar-refractivity contribution is 7.07. The van der Waals surface area contributed by atoms with Gasteiger partial charge in [0.1, 0.15) is 11.7 Å². The fourth-order valence-corrected chi connectivity index (χ4v) is 5.90. The molecule has 9 heteroatoms. The third-order valence-corrected chi connectivity index (χ3v) is 7.34. The van der Waals surface area contributed by atoms with Gasteiger partial charge in [-0.1, -0.05) is 59.9 Å².